The predicted octanol–water partition coefficient (Wildman–Crippen LogP) is 6.77. The van der Waals surface area contributed by atoms with Crippen molar-refractivity contribution in [3.8, 4) is 0 Å². The maximum atomic E-state index is 13.5. The normalized spacial score (nSPS) is 23.1. The van der Waals surface area contributed by atoms with E-state index in [4.69, 9.17) is 0 Å². The Balaban J connectivity index is 1.29. The highest BCUT2D eigenvalue weighted by atomic mass is 16.1. The first-order valence-electron chi connectivity index (χ1n) is 12.7. The highest BCUT2D eigenvalue weighted by molar-refractivity contribution is 6.03. The topological polar surface area (TPSA) is 46.2 Å². The number of carbonyl (C=O) groups is 2. The van der Waals surface area contributed by atoms with Gasteiger partial charge in [-0.2, -0.15) is 0 Å². The fraction of sp³-hybridized carbons (Fsp3) is 0.355. The number of Topliss-reactive ketones (excluding diaryl/α,β-unsaturated/α-hetero) is 1. The van der Waals surface area contributed by atoms with Crippen LogP contribution in [0.5, 0.6) is 0 Å². The molecule has 1 amide bonds. The summed E-state index contributed by atoms with van der Waals surface area (Å²) in [5.41, 5.74) is 3.72. The first-order chi connectivity index (χ1) is 16.6. The average Bonchev–Trinajstić information content (AvgIpc) is 3.65. The molecule has 3 aromatic carbocycles. The lowest BCUT2D eigenvalue weighted by molar-refractivity contribution is 0.0916. The molecule has 0 radical (unpaired) electrons. The fourth-order valence-electron chi connectivity index (χ4n) is 5.84. The lowest BCUT2D eigenvalue weighted by Gasteiger charge is -2.28. The summed E-state index contributed by atoms with van der Waals surface area (Å²) in [6, 6.07) is 28.1. The van der Waals surface area contributed by atoms with Gasteiger partial charge in [0.2, 0.25) is 0 Å². The molecule has 3 heteroatoms. The molecule has 5 rings (SSSR count). The van der Waals surface area contributed by atoms with Crippen molar-refractivity contribution in [1.82, 2.24) is 5.32 Å². The quantitative estimate of drug-likeness (QED) is 0.403. The van der Waals surface area contributed by atoms with Gasteiger partial charge in [0.15, 0.2) is 5.78 Å². The fourth-order valence-corrected chi connectivity index (χ4v) is 5.84. The molecule has 2 aliphatic carbocycles. The zero-order valence-corrected chi connectivity index (χ0v) is 19.8. The van der Waals surface area contributed by atoms with Crippen LogP contribution in [0.2, 0.25) is 0 Å². The van der Waals surface area contributed by atoms with Gasteiger partial charge in [-0.1, -0.05) is 92.1 Å². The molecular formula is C31H33NO2. The molecule has 4 atom stereocenters. The van der Waals surface area contributed by atoms with Gasteiger partial charge in [-0.3, -0.25) is 9.59 Å². The van der Waals surface area contributed by atoms with Crippen molar-refractivity contribution in [3.05, 3.63) is 107 Å². The van der Waals surface area contributed by atoms with Crippen LogP contribution in [-0.4, -0.2) is 17.7 Å². The summed E-state index contributed by atoms with van der Waals surface area (Å²) < 4.78 is 0. The number of ketones is 1. The SMILES string of the molecule is C[C@H](NC(=O)c1ccc(C(=O)C2[C@@H](c3ccccc3)[C@H]2c2ccccc2)cc1)C1CCCCC1. The maximum Gasteiger partial charge on any atom is 0.251 e. The number of hydrogen-bond donors (Lipinski definition) is 1. The summed E-state index contributed by atoms with van der Waals surface area (Å²) in [4.78, 5) is 26.3. The second-order valence-corrected chi connectivity index (χ2v) is 10.0. The summed E-state index contributed by atoms with van der Waals surface area (Å²) >= 11 is 0. The minimum Gasteiger partial charge on any atom is -0.349 e. The first-order valence-corrected chi connectivity index (χ1v) is 12.7. The van der Waals surface area contributed by atoms with Gasteiger partial charge in [0, 0.05) is 34.9 Å². The van der Waals surface area contributed by atoms with Crippen molar-refractivity contribution in [2.24, 2.45) is 11.8 Å². The molecular weight excluding hydrogens is 418 g/mol. The number of rotatable bonds is 7. The monoisotopic (exact) mass is 451 g/mol. The zero-order chi connectivity index (χ0) is 23.5. The Bertz CT molecular complexity index is 1070. The van der Waals surface area contributed by atoms with Crippen LogP contribution in [0.15, 0.2) is 84.9 Å². The van der Waals surface area contributed by atoms with E-state index in [2.05, 4.69) is 36.5 Å². The summed E-state index contributed by atoms with van der Waals surface area (Å²) in [5, 5.41) is 3.18. The Labute approximate surface area is 202 Å². The molecule has 0 aliphatic heterocycles. The van der Waals surface area contributed by atoms with Gasteiger partial charge in [0.05, 0.1) is 0 Å². The molecule has 2 fully saturated rings. The minimum absolute atomic E-state index is 0.0483. The summed E-state index contributed by atoms with van der Waals surface area (Å²) in [5.74, 6) is 0.984. The van der Waals surface area contributed by atoms with Crippen molar-refractivity contribution in [2.75, 3.05) is 0 Å². The highest BCUT2D eigenvalue weighted by Gasteiger charge is 2.55. The van der Waals surface area contributed by atoms with E-state index in [0.29, 0.717) is 17.0 Å². The largest absolute Gasteiger partial charge is 0.349 e. The molecule has 34 heavy (non-hydrogen) atoms. The van der Waals surface area contributed by atoms with E-state index in [9.17, 15) is 9.59 Å². The molecule has 2 aliphatic rings. The van der Waals surface area contributed by atoms with Crippen molar-refractivity contribution < 1.29 is 9.59 Å². The molecule has 3 aromatic rings. The Kier molecular flexibility index (Phi) is 6.62. The average molecular weight is 452 g/mol. The van der Waals surface area contributed by atoms with E-state index in [-0.39, 0.29) is 35.5 Å². The summed E-state index contributed by atoms with van der Waals surface area (Å²) in [7, 11) is 0. The van der Waals surface area contributed by atoms with Gasteiger partial charge < -0.3 is 5.32 Å². The second kappa shape index (κ2) is 9.97. The van der Waals surface area contributed by atoms with Gasteiger partial charge in [0.1, 0.15) is 0 Å². The van der Waals surface area contributed by atoms with Crippen molar-refractivity contribution in [1.29, 1.82) is 0 Å². The van der Waals surface area contributed by atoms with Gasteiger partial charge in [-0.05, 0) is 48.9 Å². The van der Waals surface area contributed by atoms with E-state index in [0.717, 1.165) is 0 Å². The van der Waals surface area contributed by atoms with Crippen molar-refractivity contribution >= 4 is 11.7 Å². The van der Waals surface area contributed by atoms with Crippen LogP contribution in [-0.2, 0) is 0 Å². The van der Waals surface area contributed by atoms with E-state index in [1.807, 2.05) is 48.5 Å². The van der Waals surface area contributed by atoms with E-state index < -0.39 is 0 Å². The third-order valence-corrected chi connectivity index (χ3v) is 7.84. The van der Waals surface area contributed by atoms with Crippen LogP contribution in [0, 0.1) is 11.8 Å². The highest BCUT2D eigenvalue weighted by Crippen LogP contribution is 2.61. The van der Waals surface area contributed by atoms with Crippen LogP contribution in [0.1, 0.15) is 82.7 Å². The number of carbonyl (C=O) groups excluding carboxylic acids is 2. The van der Waals surface area contributed by atoms with Gasteiger partial charge in [-0.15, -0.1) is 0 Å². The Morgan fingerprint density at radius 2 is 1.21 bits per heavy atom. The number of hydrogen-bond acceptors (Lipinski definition) is 2. The second-order valence-electron chi connectivity index (χ2n) is 10.0. The molecule has 0 saturated heterocycles. The molecule has 1 unspecified atom stereocenters. The van der Waals surface area contributed by atoms with Gasteiger partial charge in [0.25, 0.3) is 5.91 Å². The third kappa shape index (κ3) is 4.70. The van der Waals surface area contributed by atoms with Gasteiger partial charge in [-0.25, -0.2) is 0 Å². The molecule has 1 N–H and O–H groups in total. The van der Waals surface area contributed by atoms with Crippen molar-refractivity contribution in [3.63, 3.8) is 0 Å². The van der Waals surface area contributed by atoms with Crippen LogP contribution >= 0.6 is 0 Å². The number of benzene rings is 3. The van der Waals surface area contributed by atoms with E-state index in [1.165, 1.54) is 43.2 Å². The molecule has 0 heterocycles. The Morgan fingerprint density at radius 3 is 1.74 bits per heavy atom. The first kappa shape index (κ1) is 22.6. The molecule has 0 spiro atoms. The lowest BCUT2D eigenvalue weighted by Crippen LogP contribution is -2.38. The summed E-state index contributed by atoms with van der Waals surface area (Å²) in [6.07, 6.45) is 6.22. The molecule has 2 saturated carbocycles. The maximum absolute atomic E-state index is 13.5. The van der Waals surface area contributed by atoms with Crippen LogP contribution < -0.4 is 5.32 Å². The van der Waals surface area contributed by atoms with Crippen LogP contribution in [0.25, 0.3) is 0 Å². The standard InChI is InChI=1S/C31H33NO2/c1-21(22-11-5-2-6-12-22)32-31(34)26-19-17-25(18-20-26)30(33)29-27(23-13-7-3-8-14-23)28(29)24-15-9-4-10-16-24/h3-4,7-10,13-22,27-29H,2,5-6,11-12H2,1H3,(H,32,34)/t21-,27-,28+,29?/m0/s1. The Hall–Kier alpha value is -3.20. The molecule has 174 valence electrons. The Morgan fingerprint density at radius 1 is 0.706 bits per heavy atom. The number of amides is 1. The van der Waals surface area contributed by atoms with Crippen LogP contribution in [0.3, 0.4) is 0 Å². The molecule has 0 aromatic heterocycles. The third-order valence-electron chi connectivity index (χ3n) is 7.84. The van der Waals surface area contributed by atoms with E-state index in [1.54, 1.807) is 12.1 Å². The van der Waals surface area contributed by atoms with Crippen molar-refractivity contribution in [2.45, 2.75) is 56.9 Å². The van der Waals surface area contributed by atoms with Crippen LogP contribution in [0.4, 0.5) is 0 Å². The molecule has 0 bridgehead atoms. The number of nitrogens with one attached hydrogen (secondary N) is 1. The predicted molar refractivity (Wildman–Crippen MR) is 136 cm³/mol. The van der Waals surface area contributed by atoms with E-state index >= 15 is 0 Å². The molecule has 3 nitrogen and oxygen atoms in total. The van der Waals surface area contributed by atoms with Gasteiger partial charge >= 0.3 is 0 Å². The smallest absolute Gasteiger partial charge is 0.251 e. The lowest BCUT2D eigenvalue weighted by atomic mass is 9.84. The minimum atomic E-state index is -0.0733. The zero-order valence-electron chi connectivity index (χ0n) is 19.8. The summed E-state index contributed by atoms with van der Waals surface area (Å²) in [6.45, 7) is 2.12.